The summed E-state index contributed by atoms with van der Waals surface area (Å²) in [5.74, 6) is -2.93. The normalized spacial score (nSPS) is 13.0. The summed E-state index contributed by atoms with van der Waals surface area (Å²) in [6.45, 7) is 0. The van der Waals surface area contributed by atoms with Crippen LogP contribution in [0.5, 0.6) is 5.75 Å². The average Bonchev–Trinajstić information content (AvgIpc) is 2.44. The number of carbonyl (C=O) groups is 2. The number of hydrogen-bond donors (Lipinski definition) is 4. The van der Waals surface area contributed by atoms with Crippen molar-refractivity contribution >= 4 is 28.5 Å². The number of carboxylic acids is 2. The zero-order chi connectivity index (χ0) is 17.1. The number of aliphatic hydroxyl groups is 1. The Kier molecular flexibility index (Phi) is 4.47. The van der Waals surface area contributed by atoms with Crippen LogP contribution >= 0.6 is 0 Å². The second-order valence-corrected chi connectivity index (χ2v) is 4.71. The Morgan fingerprint density at radius 3 is 2.57 bits per heavy atom. The largest absolute Gasteiger partial charge is 0.508 e. The minimum atomic E-state index is -1.69. The van der Waals surface area contributed by atoms with Crippen LogP contribution in [0.2, 0.25) is 0 Å². The van der Waals surface area contributed by atoms with Crippen LogP contribution in [-0.4, -0.2) is 38.5 Å². The van der Waals surface area contributed by atoms with Crippen molar-refractivity contribution in [3.63, 3.8) is 0 Å². The summed E-state index contributed by atoms with van der Waals surface area (Å²) in [4.78, 5) is 34.0. The van der Waals surface area contributed by atoms with Crippen molar-refractivity contribution in [2.24, 2.45) is 0 Å². The molecule has 1 aromatic heterocycles. The molecule has 23 heavy (non-hydrogen) atoms. The quantitative estimate of drug-likeness (QED) is 0.592. The highest BCUT2D eigenvalue weighted by Crippen LogP contribution is 2.23. The van der Waals surface area contributed by atoms with E-state index in [1.54, 1.807) is 0 Å². The molecule has 0 bridgehead atoms. The Balaban J connectivity index is 2.64. The zero-order valence-electron chi connectivity index (χ0n) is 11.6. The molecule has 1 aromatic carbocycles. The SMILES string of the molecule is O=C(O)/C=C(/c1coc2cc(O)ccc2c1=O)C(O)CC(=O)O. The molecule has 0 fully saturated rings. The lowest BCUT2D eigenvalue weighted by molar-refractivity contribution is -0.138. The van der Waals surface area contributed by atoms with Crippen molar-refractivity contribution in [3.05, 3.63) is 46.3 Å². The molecule has 0 saturated carbocycles. The van der Waals surface area contributed by atoms with Crippen LogP contribution in [0.25, 0.3) is 16.5 Å². The van der Waals surface area contributed by atoms with Crippen molar-refractivity contribution in [2.45, 2.75) is 12.5 Å². The van der Waals surface area contributed by atoms with Gasteiger partial charge in [-0.3, -0.25) is 9.59 Å². The van der Waals surface area contributed by atoms with Gasteiger partial charge in [0, 0.05) is 17.7 Å². The fraction of sp³-hybridized carbons (Fsp3) is 0.133. The number of benzene rings is 1. The number of hydrogen-bond acceptors (Lipinski definition) is 6. The van der Waals surface area contributed by atoms with E-state index in [0.29, 0.717) is 6.08 Å². The summed E-state index contributed by atoms with van der Waals surface area (Å²) in [7, 11) is 0. The lowest BCUT2D eigenvalue weighted by Crippen LogP contribution is -2.20. The lowest BCUT2D eigenvalue weighted by Gasteiger charge is -2.12. The van der Waals surface area contributed by atoms with Crippen molar-refractivity contribution in [3.8, 4) is 5.75 Å². The van der Waals surface area contributed by atoms with Gasteiger partial charge < -0.3 is 24.8 Å². The Morgan fingerprint density at radius 1 is 1.26 bits per heavy atom. The average molecular weight is 320 g/mol. The molecule has 4 N–H and O–H groups in total. The van der Waals surface area contributed by atoms with Crippen LogP contribution < -0.4 is 5.43 Å². The van der Waals surface area contributed by atoms with E-state index in [9.17, 15) is 24.6 Å². The Hall–Kier alpha value is -3.13. The van der Waals surface area contributed by atoms with E-state index in [1.807, 2.05) is 0 Å². The Bertz CT molecular complexity index is 861. The topological polar surface area (TPSA) is 145 Å². The van der Waals surface area contributed by atoms with E-state index < -0.39 is 29.9 Å². The molecule has 1 atom stereocenters. The number of carboxylic acid groups (broad SMARTS) is 2. The minimum Gasteiger partial charge on any atom is -0.508 e. The van der Waals surface area contributed by atoms with Gasteiger partial charge >= 0.3 is 11.9 Å². The smallest absolute Gasteiger partial charge is 0.328 e. The van der Waals surface area contributed by atoms with Crippen LogP contribution in [0.15, 0.2) is 39.7 Å². The van der Waals surface area contributed by atoms with Crippen LogP contribution in [-0.2, 0) is 9.59 Å². The number of aromatic hydroxyl groups is 1. The second kappa shape index (κ2) is 6.32. The van der Waals surface area contributed by atoms with Crippen molar-refractivity contribution < 1.29 is 34.4 Å². The third kappa shape index (κ3) is 3.55. The van der Waals surface area contributed by atoms with Gasteiger partial charge in [-0.2, -0.15) is 0 Å². The maximum Gasteiger partial charge on any atom is 0.328 e. The predicted octanol–water partition coefficient (Wildman–Crippen LogP) is 0.802. The summed E-state index contributed by atoms with van der Waals surface area (Å²) < 4.78 is 5.17. The van der Waals surface area contributed by atoms with E-state index in [1.165, 1.54) is 18.2 Å². The van der Waals surface area contributed by atoms with Gasteiger partial charge in [0.1, 0.15) is 17.6 Å². The van der Waals surface area contributed by atoms with E-state index in [-0.39, 0.29) is 27.9 Å². The van der Waals surface area contributed by atoms with Gasteiger partial charge in [-0.05, 0) is 12.1 Å². The molecule has 0 aliphatic carbocycles. The number of aliphatic carboxylic acids is 2. The molecule has 1 unspecified atom stereocenters. The third-order valence-corrected chi connectivity index (χ3v) is 3.08. The number of phenols is 1. The Morgan fingerprint density at radius 2 is 1.96 bits per heavy atom. The molecule has 1 heterocycles. The first-order valence-corrected chi connectivity index (χ1v) is 6.39. The Labute approximate surface area is 128 Å². The maximum absolute atomic E-state index is 12.4. The summed E-state index contributed by atoms with van der Waals surface area (Å²) in [6, 6.07) is 3.73. The van der Waals surface area contributed by atoms with E-state index in [2.05, 4.69) is 0 Å². The molecule has 2 aromatic rings. The van der Waals surface area contributed by atoms with E-state index >= 15 is 0 Å². The van der Waals surface area contributed by atoms with Crippen LogP contribution in [0.4, 0.5) is 0 Å². The molecule has 0 aliphatic heterocycles. The molecule has 2 rings (SSSR count). The first-order valence-electron chi connectivity index (χ1n) is 6.39. The van der Waals surface area contributed by atoms with Crippen LogP contribution in [0.3, 0.4) is 0 Å². The number of fused-ring (bicyclic) bond motifs is 1. The number of aliphatic hydroxyl groups excluding tert-OH is 1. The molecular formula is C15H12O8. The highest BCUT2D eigenvalue weighted by Gasteiger charge is 2.22. The van der Waals surface area contributed by atoms with Crippen molar-refractivity contribution in [1.29, 1.82) is 0 Å². The summed E-state index contributed by atoms with van der Waals surface area (Å²) >= 11 is 0. The van der Waals surface area contributed by atoms with Gasteiger partial charge in [-0.15, -0.1) is 0 Å². The fourth-order valence-electron chi connectivity index (χ4n) is 2.08. The summed E-state index contributed by atoms with van der Waals surface area (Å²) in [5, 5.41) is 36.9. The van der Waals surface area contributed by atoms with Gasteiger partial charge in [-0.1, -0.05) is 0 Å². The van der Waals surface area contributed by atoms with Gasteiger partial charge in [0.05, 0.1) is 23.5 Å². The van der Waals surface area contributed by atoms with Gasteiger partial charge in [0.25, 0.3) is 0 Å². The van der Waals surface area contributed by atoms with Gasteiger partial charge in [0.15, 0.2) is 5.43 Å². The molecule has 8 nitrogen and oxygen atoms in total. The fourth-order valence-corrected chi connectivity index (χ4v) is 2.08. The highest BCUT2D eigenvalue weighted by atomic mass is 16.4. The molecule has 0 aliphatic rings. The van der Waals surface area contributed by atoms with Gasteiger partial charge in [-0.25, -0.2) is 4.79 Å². The van der Waals surface area contributed by atoms with Crippen molar-refractivity contribution in [1.82, 2.24) is 0 Å². The molecule has 0 amide bonds. The number of phenolic OH excluding ortho intramolecular Hbond substituents is 1. The zero-order valence-corrected chi connectivity index (χ0v) is 11.6. The monoisotopic (exact) mass is 320 g/mol. The molecule has 0 saturated heterocycles. The second-order valence-electron chi connectivity index (χ2n) is 4.71. The first kappa shape index (κ1) is 16.2. The van der Waals surface area contributed by atoms with E-state index in [0.717, 1.165) is 6.26 Å². The molecule has 120 valence electrons. The third-order valence-electron chi connectivity index (χ3n) is 3.08. The molecule has 8 heteroatoms. The van der Waals surface area contributed by atoms with Gasteiger partial charge in [0.2, 0.25) is 0 Å². The predicted molar refractivity (Wildman–Crippen MR) is 78.0 cm³/mol. The standard InChI is InChI=1S/C15H12O8/c16-7-1-2-8-12(3-7)23-6-10(15(8)22)9(4-13(18)19)11(17)5-14(20)21/h1-4,6,11,16-17H,5H2,(H,18,19)(H,20,21)/b9-4-. The maximum atomic E-state index is 12.4. The minimum absolute atomic E-state index is 0.0547. The highest BCUT2D eigenvalue weighted by molar-refractivity contribution is 5.93. The van der Waals surface area contributed by atoms with E-state index in [4.69, 9.17) is 14.6 Å². The molecular weight excluding hydrogens is 308 g/mol. The molecule has 0 spiro atoms. The summed E-state index contributed by atoms with van der Waals surface area (Å²) in [6.07, 6.45) is -0.983. The number of rotatable bonds is 5. The van der Waals surface area contributed by atoms with Crippen LogP contribution in [0.1, 0.15) is 12.0 Å². The van der Waals surface area contributed by atoms with Crippen LogP contribution in [0, 0.1) is 0 Å². The first-order chi connectivity index (χ1) is 10.8. The summed E-state index contributed by atoms with van der Waals surface area (Å²) in [5.41, 5.74) is -1.22. The molecule has 0 radical (unpaired) electrons. The lowest BCUT2D eigenvalue weighted by atomic mass is 9.98. The van der Waals surface area contributed by atoms with Crippen molar-refractivity contribution in [2.75, 3.05) is 0 Å².